The number of aryl methyl sites for hydroxylation is 1. The van der Waals surface area contributed by atoms with Gasteiger partial charge in [-0.05, 0) is 25.6 Å². The molecule has 86 valence electrons. The first-order valence-corrected chi connectivity index (χ1v) is 5.32. The van der Waals surface area contributed by atoms with E-state index in [0.29, 0.717) is 6.54 Å². The number of nitrogens with zero attached hydrogens (tertiary/aromatic N) is 3. The van der Waals surface area contributed by atoms with Crippen LogP contribution in [0.2, 0.25) is 0 Å². The zero-order chi connectivity index (χ0) is 11.7. The van der Waals surface area contributed by atoms with Crippen molar-refractivity contribution in [2.45, 2.75) is 18.9 Å². The van der Waals surface area contributed by atoms with Crippen LogP contribution in [0.25, 0.3) is 0 Å². The predicted octanol–water partition coefficient (Wildman–Crippen LogP) is 1.06. The fourth-order valence-corrected chi connectivity index (χ4v) is 2.22. The van der Waals surface area contributed by atoms with E-state index in [9.17, 15) is 10.1 Å². The minimum Gasteiger partial charge on any atom is -0.299 e. The molecule has 0 radical (unpaired) electrons. The van der Waals surface area contributed by atoms with Crippen LogP contribution in [-0.4, -0.2) is 41.0 Å². The molecule has 0 saturated carbocycles. The molecule has 1 aliphatic rings. The Labute approximate surface area is 94.2 Å². The van der Waals surface area contributed by atoms with Crippen LogP contribution in [0.15, 0.2) is 18.3 Å². The summed E-state index contributed by atoms with van der Waals surface area (Å²) < 4.78 is 0. The van der Waals surface area contributed by atoms with Crippen LogP contribution in [0.1, 0.15) is 17.2 Å². The Morgan fingerprint density at radius 3 is 2.81 bits per heavy atom. The first-order chi connectivity index (χ1) is 7.58. The number of aromatic nitrogens is 1. The minimum absolute atomic E-state index is 0.0342. The maximum Gasteiger partial charge on any atom is 0.233 e. The van der Waals surface area contributed by atoms with Crippen molar-refractivity contribution in [3.05, 3.63) is 39.7 Å². The van der Waals surface area contributed by atoms with Gasteiger partial charge in [-0.3, -0.25) is 20.0 Å². The SMILES string of the molecule is Cc1ccc(C2CN(C)CC2[N+](=O)[O-])cn1. The third-order valence-corrected chi connectivity index (χ3v) is 3.10. The van der Waals surface area contributed by atoms with E-state index in [-0.39, 0.29) is 10.8 Å². The fourth-order valence-electron chi connectivity index (χ4n) is 2.22. The normalized spacial score (nSPS) is 25.9. The van der Waals surface area contributed by atoms with Gasteiger partial charge in [0.15, 0.2) is 0 Å². The Bertz CT molecular complexity index is 391. The van der Waals surface area contributed by atoms with E-state index >= 15 is 0 Å². The Morgan fingerprint density at radius 1 is 1.50 bits per heavy atom. The Balaban J connectivity index is 2.25. The lowest BCUT2D eigenvalue weighted by atomic mass is 9.96. The summed E-state index contributed by atoms with van der Waals surface area (Å²) >= 11 is 0. The summed E-state index contributed by atoms with van der Waals surface area (Å²) in [4.78, 5) is 17.0. The van der Waals surface area contributed by atoms with E-state index < -0.39 is 6.04 Å². The van der Waals surface area contributed by atoms with Crippen LogP contribution in [-0.2, 0) is 0 Å². The molecule has 1 aliphatic heterocycles. The molecule has 2 atom stereocenters. The first kappa shape index (κ1) is 11.0. The lowest BCUT2D eigenvalue weighted by Crippen LogP contribution is -2.27. The highest BCUT2D eigenvalue weighted by Crippen LogP contribution is 2.28. The highest BCUT2D eigenvalue weighted by atomic mass is 16.6. The first-order valence-electron chi connectivity index (χ1n) is 5.32. The van der Waals surface area contributed by atoms with Crippen LogP contribution in [0.5, 0.6) is 0 Å². The monoisotopic (exact) mass is 221 g/mol. The summed E-state index contributed by atoms with van der Waals surface area (Å²) in [6, 6.07) is 3.35. The van der Waals surface area contributed by atoms with E-state index in [1.54, 1.807) is 6.20 Å². The van der Waals surface area contributed by atoms with E-state index in [0.717, 1.165) is 17.8 Å². The maximum absolute atomic E-state index is 11.0. The van der Waals surface area contributed by atoms with Crippen molar-refractivity contribution in [1.29, 1.82) is 0 Å². The van der Waals surface area contributed by atoms with Crippen molar-refractivity contribution >= 4 is 0 Å². The van der Waals surface area contributed by atoms with Gasteiger partial charge in [0.1, 0.15) is 0 Å². The second kappa shape index (κ2) is 4.17. The molecule has 1 aromatic rings. The van der Waals surface area contributed by atoms with Crippen LogP contribution in [0.4, 0.5) is 0 Å². The average Bonchev–Trinajstić information content (AvgIpc) is 2.61. The Hall–Kier alpha value is -1.49. The van der Waals surface area contributed by atoms with Crippen molar-refractivity contribution in [2.24, 2.45) is 0 Å². The predicted molar refractivity (Wildman–Crippen MR) is 60.0 cm³/mol. The number of rotatable bonds is 2. The quantitative estimate of drug-likeness (QED) is 0.553. The molecule has 2 heterocycles. The third kappa shape index (κ3) is 2.04. The molecule has 0 amide bonds. The summed E-state index contributed by atoms with van der Waals surface area (Å²) in [5, 5.41) is 11.0. The number of pyridine rings is 1. The third-order valence-electron chi connectivity index (χ3n) is 3.10. The number of nitro groups is 1. The Morgan fingerprint density at radius 2 is 2.25 bits per heavy atom. The molecule has 0 bridgehead atoms. The van der Waals surface area contributed by atoms with Crippen LogP contribution in [0.3, 0.4) is 0 Å². The molecular weight excluding hydrogens is 206 g/mol. The van der Waals surface area contributed by atoms with Crippen LogP contribution < -0.4 is 0 Å². The number of hydrogen-bond acceptors (Lipinski definition) is 4. The largest absolute Gasteiger partial charge is 0.299 e. The van der Waals surface area contributed by atoms with Gasteiger partial charge in [0.2, 0.25) is 6.04 Å². The van der Waals surface area contributed by atoms with Gasteiger partial charge < -0.3 is 0 Å². The summed E-state index contributed by atoms with van der Waals surface area (Å²) in [5.74, 6) is -0.0342. The zero-order valence-electron chi connectivity index (χ0n) is 9.46. The van der Waals surface area contributed by atoms with E-state index in [1.807, 2.05) is 31.0 Å². The number of hydrogen-bond donors (Lipinski definition) is 0. The molecule has 0 aromatic carbocycles. The standard InChI is InChI=1S/C11H15N3O2/c1-8-3-4-9(5-12-8)10-6-13(2)7-11(10)14(15)16/h3-5,10-11H,6-7H2,1-2H3. The number of likely N-dealkylation sites (N-methyl/N-ethyl adjacent to an activating group) is 1. The van der Waals surface area contributed by atoms with Crippen molar-refractivity contribution in [3.8, 4) is 0 Å². The highest BCUT2D eigenvalue weighted by molar-refractivity contribution is 5.21. The van der Waals surface area contributed by atoms with Crippen molar-refractivity contribution in [1.82, 2.24) is 9.88 Å². The zero-order valence-corrected chi connectivity index (χ0v) is 9.46. The molecule has 2 unspecified atom stereocenters. The van der Waals surface area contributed by atoms with Crippen molar-refractivity contribution in [3.63, 3.8) is 0 Å². The molecule has 1 fully saturated rings. The summed E-state index contributed by atoms with van der Waals surface area (Å²) in [5.41, 5.74) is 1.91. The molecule has 16 heavy (non-hydrogen) atoms. The number of likely N-dealkylation sites (tertiary alicyclic amines) is 1. The van der Waals surface area contributed by atoms with Crippen molar-refractivity contribution < 1.29 is 4.92 Å². The summed E-state index contributed by atoms with van der Waals surface area (Å²) in [7, 11) is 1.91. The van der Waals surface area contributed by atoms with E-state index in [2.05, 4.69) is 4.98 Å². The van der Waals surface area contributed by atoms with E-state index in [1.165, 1.54) is 0 Å². The topological polar surface area (TPSA) is 59.3 Å². The Kier molecular flexibility index (Phi) is 2.87. The van der Waals surface area contributed by atoms with E-state index in [4.69, 9.17) is 0 Å². The van der Waals surface area contributed by atoms with Gasteiger partial charge in [-0.25, -0.2) is 0 Å². The second-order valence-corrected chi connectivity index (χ2v) is 4.41. The van der Waals surface area contributed by atoms with Gasteiger partial charge in [-0.1, -0.05) is 6.07 Å². The van der Waals surface area contributed by atoms with Gasteiger partial charge >= 0.3 is 0 Å². The van der Waals surface area contributed by atoms with Gasteiger partial charge in [0.05, 0.1) is 12.5 Å². The van der Waals surface area contributed by atoms with Gasteiger partial charge in [-0.15, -0.1) is 0 Å². The highest BCUT2D eigenvalue weighted by Gasteiger charge is 2.40. The summed E-state index contributed by atoms with van der Waals surface area (Å²) in [6.07, 6.45) is 1.76. The molecular formula is C11H15N3O2. The second-order valence-electron chi connectivity index (χ2n) is 4.41. The smallest absolute Gasteiger partial charge is 0.233 e. The minimum atomic E-state index is -0.505. The van der Waals surface area contributed by atoms with Crippen LogP contribution in [0, 0.1) is 17.0 Å². The lowest BCUT2D eigenvalue weighted by molar-refractivity contribution is -0.521. The molecule has 5 nitrogen and oxygen atoms in total. The molecule has 0 N–H and O–H groups in total. The van der Waals surface area contributed by atoms with Crippen LogP contribution >= 0.6 is 0 Å². The molecule has 0 aliphatic carbocycles. The molecule has 2 rings (SSSR count). The van der Waals surface area contributed by atoms with Gasteiger partial charge in [-0.2, -0.15) is 0 Å². The maximum atomic E-state index is 11.0. The molecule has 1 saturated heterocycles. The van der Waals surface area contributed by atoms with Gasteiger partial charge in [0, 0.05) is 23.4 Å². The van der Waals surface area contributed by atoms with Crippen molar-refractivity contribution in [2.75, 3.05) is 20.1 Å². The summed E-state index contributed by atoms with van der Waals surface area (Å²) in [6.45, 7) is 3.16. The molecule has 0 spiro atoms. The fraction of sp³-hybridized carbons (Fsp3) is 0.545. The average molecular weight is 221 g/mol. The molecule has 1 aromatic heterocycles. The lowest BCUT2D eigenvalue weighted by Gasteiger charge is -2.11. The van der Waals surface area contributed by atoms with Gasteiger partial charge in [0.25, 0.3) is 0 Å². The molecule has 5 heteroatoms.